The summed E-state index contributed by atoms with van der Waals surface area (Å²) >= 11 is 0. The number of rotatable bonds is 14. The van der Waals surface area contributed by atoms with Crippen LogP contribution in [0.1, 0.15) is 80.6 Å². The Morgan fingerprint density at radius 1 is 0.953 bits per heavy atom. The van der Waals surface area contributed by atoms with Gasteiger partial charge in [0.25, 0.3) is 5.91 Å². The molecule has 2 fully saturated rings. The molecule has 1 saturated heterocycles. The van der Waals surface area contributed by atoms with Gasteiger partial charge in [0.2, 0.25) is 27.6 Å². The second-order valence-corrected chi connectivity index (χ2v) is 15.7. The van der Waals surface area contributed by atoms with E-state index in [-0.39, 0.29) is 36.8 Å². The SMILES string of the molecule is CC(C)[C@H]1CCN(C(=O)[C@@H](NC(=O)N[C@H](CNS(C)(=O)=O)C(C)C)C(C)(C)C)[C@@H]1C(=O)NC(CC1CCC1)C(=O)C(N)=O. The van der Waals surface area contributed by atoms with Crippen molar-refractivity contribution in [3.05, 3.63) is 0 Å². The Kier molecular flexibility index (Phi) is 12.6. The summed E-state index contributed by atoms with van der Waals surface area (Å²) in [5.74, 6) is -3.01. The van der Waals surface area contributed by atoms with Crippen LogP contribution in [-0.2, 0) is 29.2 Å². The molecule has 1 heterocycles. The number of ketones is 1. The predicted molar refractivity (Wildman–Crippen MR) is 163 cm³/mol. The van der Waals surface area contributed by atoms with Crippen LogP contribution in [0.4, 0.5) is 4.79 Å². The third kappa shape index (κ3) is 10.4. The lowest BCUT2D eigenvalue weighted by atomic mass is 9.80. The fourth-order valence-corrected chi connectivity index (χ4v) is 6.15. The highest BCUT2D eigenvalue weighted by Gasteiger charge is 2.48. The van der Waals surface area contributed by atoms with E-state index >= 15 is 0 Å². The highest BCUT2D eigenvalue weighted by molar-refractivity contribution is 7.88. The molecule has 1 aliphatic carbocycles. The van der Waals surface area contributed by atoms with Gasteiger partial charge in [0, 0.05) is 19.1 Å². The molecule has 0 aromatic rings. The number of hydrogen-bond donors (Lipinski definition) is 5. The fourth-order valence-electron chi connectivity index (χ4n) is 5.67. The normalized spacial score (nSPS) is 21.6. The van der Waals surface area contributed by atoms with E-state index in [4.69, 9.17) is 5.73 Å². The molecule has 0 aromatic carbocycles. The van der Waals surface area contributed by atoms with E-state index in [0.29, 0.717) is 12.8 Å². The minimum atomic E-state index is -3.48. The highest BCUT2D eigenvalue weighted by Crippen LogP contribution is 2.34. The van der Waals surface area contributed by atoms with Crippen LogP contribution in [-0.4, -0.2) is 86.4 Å². The summed E-state index contributed by atoms with van der Waals surface area (Å²) in [6, 6.07) is -4.18. The van der Waals surface area contributed by atoms with Gasteiger partial charge in [-0.05, 0) is 41.9 Å². The zero-order chi connectivity index (χ0) is 32.9. The first kappa shape index (κ1) is 36.5. The molecular weight excluding hydrogens is 576 g/mol. The number of Topliss-reactive ketones (excluding diaryl/α,β-unsaturated/α-hetero) is 1. The first-order chi connectivity index (χ1) is 19.7. The van der Waals surface area contributed by atoms with Gasteiger partial charge in [-0.15, -0.1) is 0 Å². The molecule has 13 nitrogen and oxygen atoms in total. The predicted octanol–water partition coefficient (Wildman–Crippen LogP) is 0.877. The van der Waals surface area contributed by atoms with E-state index in [9.17, 15) is 32.4 Å². The third-order valence-corrected chi connectivity index (χ3v) is 9.29. The Hall–Kier alpha value is -2.74. The van der Waals surface area contributed by atoms with E-state index in [2.05, 4.69) is 20.7 Å². The number of urea groups is 1. The van der Waals surface area contributed by atoms with Crippen LogP contribution in [0, 0.1) is 29.1 Å². The van der Waals surface area contributed by atoms with E-state index in [0.717, 1.165) is 25.5 Å². The van der Waals surface area contributed by atoms with E-state index in [1.807, 2.05) is 27.7 Å². The summed E-state index contributed by atoms with van der Waals surface area (Å²) < 4.78 is 25.6. The molecule has 5 atom stereocenters. The average Bonchev–Trinajstić information content (AvgIpc) is 3.29. The van der Waals surface area contributed by atoms with Gasteiger partial charge in [-0.2, -0.15) is 0 Å². The lowest BCUT2D eigenvalue weighted by molar-refractivity contribution is -0.144. The molecule has 5 amide bonds. The Bertz CT molecular complexity index is 1150. The minimum Gasteiger partial charge on any atom is -0.363 e. The largest absolute Gasteiger partial charge is 0.363 e. The smallest absolute Gasteiger partial charge is 0.315 e. The number of carbonyl (C=O) groups is 5. The van der Waals surface area contributed by atoms with Crippen molar-refractivity contribution in [1.29, 1.82) is 0 Å². The first-order valence-corrected chi connectivity index (χ1v) is 17.1. The number of amides is 5. The molecule has 0 spiro atoms. The van der Waals surface area contributed by atoms with Gasteiger partial charge in [-0.3, -0.25) is 19.2 Å². The molecule has 0 aromatic heterocycles. The standard InChI is InChI=1S/C29H52N6O7S/c1-16(2)19-12-13-35(22(19)26(38)32-20(23(36)25(30)37)14-18-10-9-11-18)27(39)24(29(5,6)7)34-28(40)33-21(17(3)4)15-31-43(8,41)42/h16-22,24,31H,9-15H2,1-8H3,(H2,30,37)(H,32,38)(H2,33,34,40)/t19-,20?,21-,22+,24-/m1/s1. The van der Waals surface area contributed by atoms with Crippen molar-refractivity contribution in [3.8, 4) is 0 Å². The first-order valence-electron chi connectivity index (χ1n) is 15.2. The number of likely N-dealkylation sites (tertiary alicyclic amines) is 1. The minimum absolute atomic E-state index is 0.0193. The third-order valence-electron chi connectivity index (χ3n) is 8.60. The molecule has 0 bridgehead atoms. The molecule has 43 heavy (non-hydrogen) atoms. The number of carbonyl (C=O) groups excluding carboxylic acids is 5. The Labute approximate surface area is 256 Å². The molecule has 1 aliphatic heterocycles. The van der Waals surface area contributed by atoms with Gasteiger partial charge in [0.15, 0.2) is 0 Å². The summed E-state index contributed by atoms with van der Waals surface area (Å²) in [5.41, 5.74) is 4.54. The molecule has 2 rings (SSSR count). The van der Waals surface area contributed by atoms with Gasteiger partial charge in [-0.25, -0.2) is 17.9 Å². The number of sulfonamides is 1. The zero-order valence-corrected chi connectivity index (χ0v) is 27.7. The fraction of sp³-hybridized carbons (Fsp3) is 0.828. The van der Waals surface area contributed by atoms with Crippen molar-refractivity contribution in [2.75, 3.05) is 19.3 Å². The van der Waals surface area contributed by atoms with Crippen molar-refractivity contribution in [2.24, 2.45) is 34.8 Å². The average molecular weight is 629 g/mol. The number of nitrogens with two attached hydrogens (primary N) is 1. The van der Waals surface area contributed by atoms with E-state index < -0.39 is 69.1 Å². The van der Waals surface area contributed by atoms with Gasteiger partial charge in [-0.1, -0.05) is 67.7 Å². The van der Waals surface area contributed by atoms with Crippen LogP contribution in [0.5, 0.6) is 0 Å². The van der Waals surface area contributed by atoms with Gasteiger partial charge < -0.3 is 26.6 Å². The number of hydrogen-bond acceptors (Lipinski definition) is 7. The van der Waals surface area contributed by atoms with Crippen LogP contribution in [0.2, 0.25) is 0 Å². The molecule has 0 radical (unpaired) electrons. The summed E-state index contributed by atoms with van der Waals surface area (Å²) in [6.45, 7) is 13.2. The maximum Gasteiger partial charge on any atom is 0.315 e. The zero-order valence-electron chi connectivity index (χ0n) is 26.9. The molecule has 246 valence electrons. The molecule has 1 saturated carbocycles. The summed E-state index contributed by atoms with van der Waals surface area (Å²) in [5, 5.41) is 8.29. The Morgan fingerprint density at radius 2 is 1.56 bits per heavy atom. The lowest BCUT2D eigenvalue weighted by Crippen LogP contribution is -2.62. The summed E-state index contributed by atoms with van der Waals surface area (Å²) in [7, 11) is -3.48. The van der Waals surface area contributed by atoms with Crippen molar-refractivity contribution < 1.29 is 32.4 Å². The summed E-state index contributed by atoms with van der Waals surface area (Å²) in [4.78, 5) is 66.9. The maximum absolute atomic E-state index is 14.1. The molecule has 1 unspecified atom stereocenters. The van der Waals surface area contributed by atoms with Crippen LogP contribution >= 0.6 is 0 Å². The maximum atomic E-state index is 14.1. The summed E-state index contributed by atoms with van der Waals surface area (Å²) in [6.07, 6.45) is 4.74. The van der Waals surface area contributed by atoms with Crippen LogP contribution < -0.4 is 26.4 Å². The number of nitrogens with zero attached hydrogens (tertiary/aromatic N) is 1. The molecule has 2 aliphatic rings. The van der Waals surface area contributed by atoms with E-state index in [1.165, 1.54) is 4.90 Å². The topological polar surface area (TPSA) is 197 Å². The van der Waals surface area contributed by atoms with E-state index in [1.54, 1.807) is 20.8 Å². The number of primary amides is 1. The Balaban J connectivity index is 2.29. The second kappa shape index (κ2) is 14.8. The quantitative estimate of drug-likeness (QED) is 0.176. The number of nitrogens with one attached hydrogen (secondary N) is 4. The van der Waals surface area contributed by atoms with Crippen LogP contribution in [0.3, 0.4) is 0 Å². The Morgan fingerprint density at radius 3 is 2.00 bits per heavy atom. The van der Waals surface area contributed by atoms with Crippen molar-refractivity contribution in [1.82, 2.24) is 25.6 Å². The molecular formula is C29H52N6O7S. The highest BCUT2D eigenvalue weighted by atomic mass is 32.2. The molecule has 14 heteroatoms. The van der Waals surface area contributed by atoms with Gasteiger partial charge in [0.1, 0.15) is 12.1 Å². The molecule has 6 N–H and O–H groups in total. The monoisotopic (exact) mass is 628 g/mol. The second-order valence-electron chi connectivity index (χ2n) is 13.9. The van der Waals surface area contributed by atoms with Crippen molar-refractivity contribution in [3.63, 3.8) is 0 Å². The van der Waals surface area contributed by atoms with Crippen LogP contribution in [0.15, 0.2) is 0 Å². The van der Waals surface area contributed by atoms with Gasteiger partial charge >= 0.3 is 6.03 Å². The lowest BCUT2D eigenvalue weighted by Gasteiger charge is -2.37. The van der Waals surface area contributed by atoms with Gasteiger partial charge in [0.05, 0.1) is 12.3 Å². The van der Waals surface area contributed by atoms with Crippen molar-refractivity contribution >= 4 is 39.6 Å². The van der Waals surface area contributed by atoms with Crippen LogP contribution in [0.25, 0.3) is 0 Å². The van der Waals surface area contributed by atoms with Crippen molar-refractivity contribution in [2.45, 2.75) is 105 Å².